The molecule has 31 heavy (non-hydrogen) atoms. The first-order valence-corrected chi connectivity index (χ1v) is 10.5. The van der Waals surface area contributed by atoms with Crippen molar-refractivity contribution in [3.63, 3.8) is 0 Å². The molecule has 0 N–H and O–H groups in total. The van der Waals surface area contributed by atoms with Crippen molar-refractivity contribution in [2.45, 2.75) is 26.4 Å². The predicted octanol–water partition coefficient (Wildman–Crippen LogP) is 5.55. The maximum Gasteiger partial charge on any atom is 0.320 e. The number of allylic oxidation sites excluding steroid dienone is 1. The van der Waals surface area contributed by atoms with Crippen molar-refractivity contribution in [1.29, 1.82) is 0 Å². The van der Waals surface area contributed by atoms with Crippen LogP contribution in [0.2, 0.25) is 0 Å². The van der Waals surface area contributed by atoms with Crippen LogP contribution in [0.25, 0.3) is 16.3 Å². The molecule has 158 valence electrons. The molecule has 0 unspecified atom stereocenters. The van der Waals surface area contributed by atoms with Crippen molar-refractivity contribution < 1.29 is 9.53 Å². The van der Waals surface area contributed by atoms with Gasteiger partial charge in [-0.1, -0.05) is 84.6 Å². The largest absolute Gasteiger partial charge is 0.459 e. The number of carbonyl (C=O) groups excluding carboxylic acids is 1. The first-order chi connectivity index (χ1) is 14.8. The molecule has 0 aliphatic heterocycles. The van der Waals surface area contributed by atoms with Crippen LogP contribution in [-0.2, 0) is 9.53 Å². The molecule has 0 heterocycles. The Morgan fingerprint density at radius 3 is 2.39 bits per heavy atom. The van der Waals surface area contributed by atoms with Crippen LogP contribution in [0.3, 0.4) is 0 Å². The monoisotopic (exact) mass is 411 g/mol. The number of benzene rings is 3. The molecule has 0 saturated heterocycles. The Labute approximate surface area is 185 Å². The number of hydrogen-bond acceptors (Lipinski definition) is 3. The molecule has 3 rings (SSSR count). The van der Waals surface area contributed by atoms with E-state index in [0.717, 1.165) is 22.1 Å². The second kappa shape index (κ2) is 10.1. The lowest BCUT2D eigenvalue weighted by molar-refractivity contribution is -0.155. The predicted molar refractivity (Wildman–Crippen MR) is 129 cm³/mol. The molecule has 3 heteroatoms. The molecule has 0 atom stereocenters. The maximum absolute atomic E-state index is 12.1. The van der Waals surface area contributed by atoms with Crippen LogP contribution in [0.15, 0.2) is 78.9 Å². The van der Waals surface area contributed by atoms with Crippen molar-refractivity contribution in [3.05, 3.63) is 90.0 Å². The van der Waals surface area contributed by atoms with Crippen molar-refractivity contribution in [2.75, 3.05) is 20.1 Å². The van der Waals surface area contributed by atoms with Crippen molar-refractivity contribution in [2.24, 2.45) is 0 Å². The zero-order valence-electron chi connectivity index (χ0n) is 18.7. The molecule has 0 radical (unpaired) electrons. The minimum Gasteiger partial charge on any atom is -0.459 e. The fraction of sp³-hybridized carbons (Fsp3) is 0.250. The fourth-order valence-corrected chi connectivity index (χ4v) is 3.23. The molecule has 0 saturated carbocycles. The zero-order chi connectivity index (χ0) is 22.3. The molecule has 0 aromatic heterocycles. The quantitative estimate of drug-likeness (QED) is 0.407. The van der Waals surface area contributed by atoms with Gasteiger partial charge < -0.3 is 4.74 Å². The number of hydrogen-bond donors (Lipinski definition) is 0. The van der Waals surface area contributed by atoms with Crippen LogP contribution in [0, 0.1) is 11.8 Å². The number of carbonyl (C=O) groups is 1. The summed E-state index contributed by atoms with van der Waals surface area (Å²) in [6.45, 7) is 6.45. The molecular weight excluding hydrogens is 382 g/mol. The minimum absolute atomic E-state index is 0.229. The Bertz CT molecular complexity index is 1120. The summed E-state index contributed by atoms with van der Waals surface area (Å²) in [5, 5.41) is 2.32. The Kier molecular flexibility index (Phi) is 7.28. The van der Waals surface area contributed by atoms with E-state index in [-0.39, 0.29) is 12.5 Å². The zero-order valence-corrected chi connectivity index (χ0v) is 18.7. The van der Waals surface area contributed by atoms with Crippen molar-refractivity contribution in [1.82, 2.24) is 4.90 Å². The topological polar surface area (TPSA) is 29.5 Å². The van der Waals surface area contributed by atoms with E-state index < -0.39 is 5.60 Å². The molecule has 0 aliphatic carbocycles. The second-order valence-corrected chi connectivity index (χ2v) is 8.54. The lowest BCUT2D eigenvalue weighted by Gasteiger charge is -2.22. The molecule has 0 amide bonds. The number of esters is 1. The number of fused-ring (bicyclic) bond motifs is 1. The average Bonchev–Trinajstić information content (AvgIpc) is 2.73. The van der Waals surface area contributed by atoms with E-state index in [2.05, 4.69) is 48.2 Å². The van der Waals surface area contributed by atoms with Gasteiger partial charge in [-0.3, -0.25) is 9.69 Å². The van der Waals surface area contributed by atoms with E-state index in [1.54, 1.807) is 0 Å². The summed E-state index contributed by atoms with van der Waals surface area (Å²) in [5.41, 5.74) is 2.51. The highest BCUT2D eigenvalue weighted by Gasteiger charge is 2.17. The van der Waals surface area contributed by atoms with Gasteiger partial charge in [-0.15, -0.1) is 0 Å². The van der Waals surface area contributed by atoms with Gasteiger partial charge in [0, 0.05) is 17.7 Å². The van der Waals surface area contributed by atoms with E-state index in [4.69, 9.17) is 4.74 Å². The van der Waals surface area contributed by atoms with Gasteiger partial charge in [0.15, 0.2) is 0 Å². The third-order valence-electron chi connectivity index (χ3n) is 4.63. The van der Waals surface area contributed by atoms with Crippen LogP contribution < -0.4 is 0 Å². The van der Waals surface area contributed by atoms with Gasteiger partial charge in [0.25, 0.3) is 0 Å². The normalized spacial score (nSPS) is 11.8. The average molecular weight is 412 g/mol. The van der Waals surface area contributed by atoms with Gasteiger partial charge in [-0.05, 0) is 50.2 Å². The van der Waals surface area contributed by atoms with Crippen LogP contribution in [-0.4, -0.2) is 36.6 Å². The van der Waals surface area contributed by atoms with Gasteiger partial charge in [0.05, 0.1) is 6.54 Å². The Balaban J connectivity index is 1.83. The lowest BCUT2D eigenvalue weighted by Crippen LogP contribution is -2.32. The van der Waals surface area contributed by atoms with Crippen LogP contribution >= 0.6 is 0 Å². The summed E-state index contributed by atoms with van der Waals surface area (Å²) < 4.78 is 5.42. The minimum atomic E-state index is -0.479. The first kappa shape index (κ1) is 22.3. The van der Waals surface area contributed by atoms with Gasteiger partial charge in [0.1, 0.15) is 5.60 Å². The molecule has 3 aromatic carbocycles. The summed E-state index contributed by atoms with van der Waals surface area (Å²) >= 11 is 0. The molecule has 3 aromatic rings. The highest BCUT2D eigenvalue weighted by molar-refractivity contribution is 5.89. The number of ether oxygens (including phenoxy) is 1. The summed E-state index contributed by atoms with van der Waals surface area (Å²) in [6.07, 6.45) is 2.07. The number of nitrogens with zero attached hydrogens (tertiary/aromatic N) is 1. The van der Waals surface area contributed by atoms with E-state index in [1.807, 2.05) is 75.2 Å². The molecular formula is C28H29NO2. The summed E-state index contributed by atoms with van der Waals surface area (Å²) in [7, 11) is 1.90. The fourth-order valence-electron chi connectivity index (χ4n) is 3.23. The smallest absolute Gasteiger partial charge is 0.320 e. The third kappa shape index (κ3) is 6.84. The highest BCUT2D eigenvalue weighted by atomic mass is 16.6. The molecule has 0 fully saturated rings. The lowest BCUT2D eigenvalue weighted by atomic mass is 10.0. The molecule has 0 aliphatic rings. The van der Waals surface area contributed by atoms with Gasteiger partial charge in [-0.2, -0.15) is 0 Å². The SMILES string of the molecule is CN(CC=C(C#Cc1cccc2ccccc12)c1ccccc1)CC(=O)OC(C)(C)C. The molecule has 0 bridgehead atoms. The van der Waals surface area contributed by atoms with Gasteiger partial charge in [-0.25, -0.2) is 0 Å². The number of likely N-dealkylation sites (N-methyl/N-ethyl adjacent to an activating group) is 1. The van der Waals surface area contributed by atoms with Gasteiger partial charge >= 0.3 is 5.97 Å². The number of rotatable bonds is 5. The van der Waals surface area contributed by atoms with E-state index in [1.165, 1.54) is 5.39 Å². The van der Waals surface area contributed by atoms with Crippen molar-refractivity contribution in [3.8, 4) is 11.8 Å². The summed E-state index contributed by atoms with van der Waals surface area (Å²) in [5.74, 6) is 6.48. The summed E-state index contributed by atoms with van der Waals surface area (Å²) in [4.78, 5) is 14.0. The van der Waals surface area contributed by atoms with E-state index in [0.29, 0.717) is 6.54 Å². The first-order valence-electron chi connectivity index (χ1n) is 10.5. The third-order valence-corrected chi connectivity index (χ3v) is 4.63. The van der Waals surface area contributed by atoms with Gasteiger partial charge in [0.2, 0.25) is 0 Å². The highest BCUT2D eigenvalue weighted by Crippen LogP contribution is 2.19. The molecule has 0 spiro atoms. The second-order valence-electron chi connectivity index (χ2n) is 8.54. The maximum atomic E-state index is 12.1. The van der Waals surface area contributed by atoms with Crippen LogP contribution in [0.4, 0.5) is 0 Å². The van der Waals surface area contributed by atoms with Crippen molar-refractivity contribution >= 4 is 22.3 Å². The van der Waals surface area contributed by atoms with Crippen LogP contribution in [0.1, 0.15) is 31.9 Å². The van der Waals surface area contributed by atoms with Crippen LogP contribution in [0.5, 0.6) is 0 Å². The standard InChI is InChI=1S/C28H29NO2/c1-28(2,3)31-27(30)21-29(4)20-19-23(22-11-6-5-7-12-22)17-18-25-15-10-14-24-13-8-9-16-26(24)25/h5-16,19H,20-21H2,1-4H3. The van der Waals surface area contributed by atoms with E-state index in [9.17, 15) is 4.79 Å². The Morgan fingerprint density at radius 1 is 0.968 bits per heavy atom. The molecule has 3 nitrogen and oxygen atoms in total. The Morgan fingerprint density at radius 2 is 1.65 bits per heavy atom. The summed E-state index contributed by atoms with van der Waals surface area (Å²) in [6, 6.07) is 24.6. The van der Waals surface area contributed by atoms with E-state index >= 15 is 0 Å². The Hall–Kier alpha value is -3.35.